The first kappa shape index (κ1) is 24.4. The molecule has 0 spiro atoms. The zero-order valence-electron chi connectivity index (χ0n) is 18.6. The molecule has 1 saturated heterocycles. The van der Waals surface area contributed by atoms with Gasteiger partial charge in [0.1, 0.15) is 21.8 Å². The second-order valence-electron chi connectivity index (χ2n) is 8.17. The van der Waals surface area contributed by atoms with Crippen LogP contribution in [0, 0.1) is 18.3 Å². The van der Waals surface area contributed by atoms with E-state index in [2.05, 4.69) is 11.0 Å². The fraction of sp³-hybridized carbons (Fsp3) is 0.478. The molecule has 0 amide bonds. The molecule has 0 saturated carbocycles. The Hall–Kier alpha value is -2.28. The Morgan fingerprint density at radius 3 is 2.19 bits per heavy atom. The van der Waals surface area contributed by atoms with Gasteiger partial charge in [-0.3, -0.25) is 10.7 Å². The number of aromatic nitrogens is 1. The molecular formula is C23H30N4O3S2. The van der Waals surface area contributed by atoms with Gasteiger partial charge in [-0.2, -0.15) is 5.26 Å². The number of nitrogens with zero attached hydrogens (tertiary/aromatic N) is 3. The van der Waals surface area contributed by atoms with E-state index < -0.39 is 10.1 Å². The van der Waals surface area contributed by atoms with Crippen molar-refractivity contribution in [3.8, 4) is 6.07 Å². The van der Waals surface area contributed by atoms with Gasteiger partial charge in [-0.15, -0.1) is 4.68 Å². The van der Waals surface area contributed by atoms with E-state index in [1.165, 1.54) is 61.2 Å². The number of aryl methyl sites for hydroxylation is 1. The number of nitrogens with two attached hydrogens (primary N) is 1. The summed E-state index contributed by atoms with van der Waals surface area (Å²) >= 11 is 1.59. The van der Waals surface area contributed by atoms with Crippen LogP contribution in [0.25, 0.3) is 0 Å². The molecule has 1 aliphatic carbocycles. The van der Waals surface area contributed by atoms with E-state index in [0.29, 0.717) is 0 Å². The fourth-order valence-electron chi connectivity index (χ4n) is 4.39. The normalized spacial score (nSPS) is 15.9. The topological polar surface area (TPSA) is 114 Å². The Kier molecular flexibility index (Phi) is 8.04. The molecule has 9 heteroatoms. The monoisotopic (exact) mass is 474 g/mol. The molecule has 32 heavy (non-hydrogen) atoms. The third-order valence-electron chi connectivity index (χ3n) is 5.97. The van der Waals surface area contributed by atoms with Gasteiger partial charge < -0.3 is 4.55 Å². The largest absolute Gasteiger partial charge is 0.744 e. The van der Waals surface area contributed by atoms with E-state index in [9.17, 15) is 18.2 Å². The van der Waals surface area contributed by atoms with Gasteiger partial charge >= 0.3 is 5.82 Å². The molecule has 1 fully saturated rings. The minimum atomic E-state index is -4.27. The van der Waals surface area contributed by atoms with Crippen LogP contribution in [0.15, 0.2) is 34.2 Å². The van der Waals surface area contributed by atoms with Crippen LogP contribution in [-0.2, 0) is 23.0 Å². The molecule has 0 radical (unpaired) electrons. The number of nitrogen functional groups attached to an aromatic ring is 1. The highest BCUT2D eigenvalue weighted by Crippen LogP contribution is 2.34. The number of hydrogen-bond acceptors (Lipinski definition) is 7. The summed E-state index contributed by atoms with van der Waals surface area (Å²) in [5.41, 5.74) is 4.33. The van der Waals surface area contributed by atoms with E-state index in [4.69, 9.17) is 5.84 Å². The highest BCUT2D eigenvalue weighted by Gasteiger charge is 2.33. The van der Waals surface area contributed by atoms with Crippen LogP contribution in [0.4, 0.5) is 5.82 Å². The van der Waals surface area contributed by atoms with Gasteiger partial charge in [0.05, 0.1) is 18.0 Å². The lowest BCUT2D eigenvalue weighted by atomic mass is 9.89. The Balaban J connectivity index is 0.000000222. The van der Waals surface area contributed by atoms with E-state index >= 15 is 0 Å². The molecule has 4 rings (SSSR count). The average Bonchev–Trinajstić information content (AvgIpc) is 2.79. The second kappa shape index (κ2) is 10.6. The number of fused-ring (bicyclic) bond motifs is 1. The zero-order chi connectivity index (χ0) is 23.3. The lowest BCUT2D eigenvalue weighted by Gasteiger charge is -2.28. The SMILES string of the molecule is CSc1c(C#N)c2c(c(N3CCCCC3)[n+]1N)CCCC2.Cc1ccc(S(=O)(=O)[O-])cc1. The highest BCUT2D eigenvalue weighted by atomic mass is 32.2. The lowest BCUT2D eigenvalue weighted by Crippen LogP contribution is -2.54. The summed E-state index contributed by atoms with van der Waals surface area (Å²) in [6.07, 6.45) is 10.3. The maximum atomic E-state index is 10.4. The van der Waals surface area contributed by atoms with Gasteiger partial charge in [-0.05, 0) is 75.8 Å². The van der Waals surface area contributed by atoms with Crippen molar-refractivity contribution >= 4 is 27.7 Å². The van der Waals surface area contributed by atoms with Crippen molar-refractivity contribution in [2.75, 3.05) is 30.1 Å². The minimum Gasteiger partial charge on any atom is -0.744 e. The summed E-state index contributed by atoms with van der Waals surface area (Å²) < 4.78 is 33.0. The first-order valence-electron chi connectivity index (χ1n) is 10.9. The maximum Gasteiger partial charge on any atom is 0.304 e. The smallest absolute Gasteiger partial charge is 0.304 e. The van der Waals surface area contributed by atoms with E-state index in [-0.39, 0.29) is 4.90 Å². The number of thioether (sulfide) groups is 1. The summed E-state index contributed by atoms with van der Waals surface area (Å²) in [5.74, 6) is 7.60. The summed E-state index contributed by atoms with van der Waals surface area (Å²) in [6, 6.07) is 8.19. The quantitative estimate of drug-likeness (QED) is 0.315. The zero-order valence-corrected chi connectivity index (χ0v) is 20.3. The van der Waals surface area contributed by atoms with Crippen LogP contribution in [0.1, 0.15) is 54.4 Å². The molecular weight excluding hydrogens is 444 g/mol. The third-order valence-corrected chi connectivity index (χ3v) is 7.61. The summed E-state index contributed by atoms with van der Waals surface area (Å²) in [5, 5.41) is 10.5. The van der Waals surface area contributed by atoms with Crippen molar-refractivity contribution in [1.82, 2.24) is 0 Å². The van der Waals surface area contributed by atoms with Gasteiger partial charge in [0, 0.05) is 5.56 Å². The predicted octanol–water partition coefficient (Wildman–Crippen LogP) is 3.05. The molecule has 1 aromatic heterocycles. The van der Waals surface area contributed by atoms with Gasteiger partial charge in [0.15, 0.2) is 0 Å². The summed E-state index contributed by atoms with van der Waals surface area (Å²) in [7, 11) is -4.27. The van der Waals surface area contributed by atoms with Crippen LogP contribution in [-0.4, -0.2) is 32.3 Å². The maximum absolute atomic E-state index is 10.4. The number of piperidine rings is 1. The van der Waals surface area contributed by atoms with Crippen molar-refractivity contribution in [1.29, 1.82) is 5.26 Å². The van der Waals surface area contributed by atoms with E-state index in [1.54, 1.807) is 28.6 Å². The third kappa shape index (κ3) is 5.37. The molecule has 2 aliphatic rings. The Morgan fingerprint density at radius 2 is 1.66 bits per heavy atom. The van der Waals surface area contributed by atoms with Crippen molar-refractivity contribution in [2.45, 2.75) is 61.8 Å². The number of pyridine rings is 1. The van der Waals surface area contributed by atoms with Crippen molar-refractivity contribution in [3.63, 3.8) is 0 Å². The highest BCUT2D eigenvalue weighted by molar-refractivity contribution is 7.98. The van der Waals surface area contributed by atoms with E-state index in [0.717, 1.165) is 42.1 Å². The number of rotatable bonds is 3. The van der Waals surface area contributed by atoms with E-state index in [1.807, 2.05) is 13.2 Å². The van der Waals surface area contributed by atoms with Gasteiger partial charge in [-0.1, -0.05) is 29.5 Å². The molecule has 2 aromatic rings. The Morgan fingerprint density at radius 1 is 1.06 bits per heavy atom. The fourth-order valence-corrected chi connectivity index (χ4v) is 5.51. The van der Waals surface area contributed by atoms with Crippen LogP contribution < -0.4 is 15.4 Å². The Bertz CT molecular complexity index is 1100. The number of nitriles is 1. The Labute approximate surface area is 195 Å². The van der Waals surface area contributed by atoms with Gasteiger partial charge in [0.2, 0.25) is 5.03 Å². The molecule has 0 unspecified atom stereocenters. The van der Waals surface area contributed by atoms with Crippen molar-refractivity contribution in [3.05, 3.63) is 46.5 Å². The average molecular weight is 475 g/mol. The molecule has 2 N–H and O–H groups in total. The summed E-state index contributed by atoms with van der Waals surface area (Å²) in [4.78, 5) is 2.26. The second-order valence-corrected chi connectivity index (χ2v) is 10.3. The molecule has 0 bridgehead atoms. The van der Waals surface area contributed by atoms with Gasteiger partial charge in [-0.25, -0.2) is 8.42 Å². The molecule has 7 nitrogen and oxygen atoms in total. The molecule has 1 aromatic carbocycles. The molecule has 1 aliphatic heterocycles. The first-order valence-corrected chi connectivity index (χ1v) is 13.5. The van der Waals surface area contributed by atoms with Gasteiger partial charge in [0.25, 0.3) is 0 Å². The number of benzene rings is 1. The van der Waals surface area contributed by atoms with Crippen LogP contribution >= 0.6 is 11.8 Å². The van der Waals surface area contributed by atoms with Crippen LogP contribution in [0.5, 0.6) is 0 Å². The standard InChI is InChI=1S/C16H23N4S.C7H8O3S/c1-21-16-14(11-17)12-7-3-4-8-13(12)15(20(16)18)19-9-5-2-6-10-19;1-6-2-4-7(5-3-6)11(8,9)10/h2-10,18H2,1H3;2-5H,1H3,(H,8,9,10)/q+1;/p-1. The molecule has 2 heterocycles. The lowest BCUT2D eigenvalue weighted by molar-refractivity contribution is -0.665. The first-order chi connectivity index (χ1) is 15.3. The van der Waals surface area contributed by atoms with Crippen LogP contribution in [0.2, 0.25) is 0 Å². The minimum absolute atomic E-state index is 0.178. The van der Waals surface area contributed by atoms with Crippen molar-refractivity contribution in [2.24, 2.45) is 0 Å². The summed E-state index contributed by atoms with van der Waals surface area (Å²) in [6.45, 7) is 3.99. The predicted molar refractivity (Wildman–Crippen MR) is 125 cm³/mol. The van der Waals surface area contributed by atoms with Crippen LogP contribution in [0.3, 0.4) is 0 Å². The number of hydrogen-bond donors (Lipinski definition) is 1. The van der Waals surface area contributed by atoms with Crippen molar-refractivity contribution < 1.29 is 17.6 Å². The molecule has 172 valence electrons. The molecule has 0 atom stereocenters. The number of anilines is 1.